The highest BCUT2D eigenvalue weighted by molar-refractivity contribution is 7.97. The molecule has 0 spiro atoms. The van der Waals surface area contributed by atoms with Crippen LogP contribution in [-0.4, -0.2) is 15.0 Å². The molecule has 0 radical (unpaired) electrons. The van der Waals surface area contributed by atoms with Gasteiger partial charge in [-0.2, -0.15) is 0 Å². The summed E-state index contributed by atoms with van der Waals surface area (Å²) < 4.78 is 28.5. The Morgan fingerprint density at radius 1 is 0.750 bits per heavy atom. The summed E-state index contributed by atoms with van der Waals surface area (Å²) in [6, 6.07) is 7.72. The predicted molar refractivity (Wildman–Crippen MR) is 118 cm³/mol. The summed E-state index contributed by atoms with van der Waals surface area (Å²) in [6.45, 7) is 3.01. The van der Waals surface area contributed by atoms with Gasteiger partial charge in [-0.3, -0.25) is 0 Å². The standard InChI is InChI=1S/C23H35NO3S/c1-2-3-4-5-6-7-8-9-10-11-12-19-27-23-15-13-22(14-16-23)24-17-20-28(25,26)21-18-24/h13-18,20-21H,2-12,19H2,1H3. The average Bonchev–Trinajstić information content (AvgIpc) is 2.69. The first-order valence-electron chi connectivity index (χ1n) is 10.7. The van der Waals surface area contributed by atoms with Crippen LogP contribution in [0.2, 0.25) is 0 Å². The molecule has 0 atom stereocenters. The lowest BCUT2D eigenvalue weighted by molar-refractivity contribution is 0.304. The maximum Gasteiger partial charge on any atom is 0.195 e. The highest BCUT2D eigenvalue weighted by Gasteiger charge is 2.09. The van der Waals surface area contributed by atoms with Crippen LogP contribution in [0.1, 0.15) is 77.6 Å². The molecule has 0 saturated carbocycles. The Morgan fingerprint density at radius 3 is 1.79 bits per heavy atom. The molecular weight excluding hydrogens is 370 g/mol. The van der Waals surface area contributed by atoms with Gasteiger partial charge in [-0.25, -0.2) is 8.42 Å². The van der Waals surface area contributed by atoms with Crippen LogP contribution in [0.25, 0.3) is 0 Å². The van der Waals surface area contributed by atoms with E-state index in [9.17, 15) is 8.42 Å². The number of sulfone groups is 1. The van der Waals surface area contributed by atoms with Crippen molar-refractivity contribution < 1.29 is 13.2 Å². The minimum absolute atomic E-state index is 0.748. The van der Waals surface area contributed by atoms with Gasteiger partial charge in [-0.1, -0.05) is 71.1 Å². The second kappa shape index (κ2) is 12.7. The van der Waals surface area contributed by atoms with Gasteiger partial charge in [0.1, 0.15) is 5.75 Å². The fraction of sp³-hybridized carbons (Fsp3) is 0.565. The molecule has 28 heavy (non-hydrogen) atoms. The minimum Gasteiger partial charge on any atom is -0.494 e. The maximum absolute atomic E-state index is 11.4. The van der Waals surface area contributed by atoms with Crippen molar-refractivity contribution in [3.63, 3.8) is 0 Å². The fourth-order valence-corrected chi connectivity index (χ4v) is 3.93. The van der Waals surface area contributed by atoms with E-state index < -0.39 is 9.84 Å². The quantitative estimate of drug-likeness (QED) is 0.329. The van der Waals surface area contributed by atoms with E-state index in [1.165, 1.54) is 75.0 Å². The van der Waals surface area contributed by atoms with E-state index in [1.807, 2.05) is 24.3 Å². The molecular formula is C23H35NO3S. The van der Waals surface area contributed by atoms with E-state index in [0.29, 0.717) is 0 Å². The van der Waals surface area contributed by atoms with Crippen molar-refractivity contribution in [2.24, 2.45) is 0 Å². The molecule has 0 unspecified atom stereocenters. The van der Waals surface area contributed by atoms with Crippen LogP contribution >= 0.6 is 0 Å². The van der Waals surface area contributed by atoms with Gasteiger partial charge < -0.3 is 9.64 Å². The van der Waals surface area contributed by atoms with Crippen molar-refractivity contribution in [2.45, 2.75) is 77.6 Å². The summed E-state index contributed by atoms with van der Waals surface area (Å²) in [4.78, 5) is 1.77. The van der Waals surface area contributed by atoms with Gasteiger partial charge in [-0.05, 0) is 30.7 Å². The molecule has 2 rings (SSSR count). The molecule has 1 aliphatic heterocycles. The van der Waals surface area contributed by atoms with Crippen molar-refractivity contribution in [1.82, 2.24) is 0 Å². The normalized spacial score (nSPS) is 15.1. The highest BCUT2D eigenvalue weighted by atomic mass is 32.2. The number of hydrogen-bond acceptors (Lipinski definition) is 4. The second-order valence-corrected chi connectivity index (χ2v) is 9.17. The summed E-state index contributed by atoms with van der Waals surface area (Å²) in [6.07, 6.45) is 17.7. The first-order valence-corrected chi connectivity index (χ1v) is 12.3. The third kappa shape index (κ3) is 8.96. The number of hydrogen-bond donors (Lipinski definition) is 0. The van der Waals surface area contributed by atoms with Crippen LogP contribution in [0.5, 0.6) is 5.75 Å². The molecule has 1 aromatic rings. The zero-order valence-corrected chi connectivity index (χ0v) is 18.0. The monoisotopic (exact) mass is 405 g/mol. The van der Waals surface area contributed by atoms with Crippen LogP contribution < -0.4 is 9.64 Å². The molecule has 5 heteroatoms. The third-order valence-electron chi connectivity index (χ3n) is 4.97. The lowest BCUT2D eigenvalue weighted by Crippen LogP contribution is -2.12. The summed E-state index contributed by atoms with van der Waals surface area (Å²) in [5.41, 5.74) is 0.907. The summed E-state index contributed by atoms with van der Waals surface area (Å²) in [5, 5.41) is 2.40. The highest BCUT2D eigenvalue weighted by Crippen LogP contribution is 2.22. The minimum atomic E-state index is -3.19. The molecule has 156 valence electrons. The largest absolute Gasteiger partial charge is 0.494 e. The Labute approximate surface area is 171 Å². The second-order valence-electron chi connectivity index (χ2n) is 7.44. The average molecular weight is 406 g/mol. The van der Waals surface area contributed by atoms with E-state index in [-0.39, 0.29) is 0 Å². The third-order valence-corrected chi connectivity index (χ3v) is 5.98. The van der Waals surface area contributed by atoms with Crippen LogP contribution in [0.4, 0.5) is 5.69 Å². The Bertz CT molecular complexity index is 688. The summed E-state index contributed by atoms with van der Waals surface area (Å²) in [5.74, 6) is 0.855. The number of benzene rings is 1. The number of unbranched alkanes of at least 4 members (excludes halogenated alkanes) is 10. The van der Waals surface area contributed by atoms with Gasteiger partial charge >= 0.3 is 0 Å². The number of rotatable bonds is 14. The zero-order chi connectivity index (χ0) is 20.1. The van der Waals surface area contributed by atoms with Gasteiger partial charge in [0, 0.05) is 18.1 Å². The summed E-state index contributed by atoms with van der Waals surface area (Å²) >= 11 is 0. The molecule has 0 N–H and O–H groups in total. The van der Waals surface area contributed by atoms with E-state index in [1.54, 1.807) is 17.3 Å². The van der Waals surface area contributed by atoms with Gasteiger partial charge in [0.15, 0.2) is 9.84 Å². The number of anilines is 1. The molecule has 0 aliphatic carbocycles. The Balaban J connectivity index is 1.52. The molecule has 0 fully saturated rings. The smallest absolute Gasteiger partial charge is 0.195 e. The molecule has 0 aromatic heterocycles. The van der Waals surface area contributed by atoms with Gasteiger partial charge in [0.25, 0.3) is 0 Å². The maximum atomic E-state index is 11.4. The predicted octanol–water partition coefficient (Wildman–Crippen LogP) is 6.55. The topological polar surface area (TPSA) is 46.6 Å². The molecule has 1 aromatic carbocycles. The van der Waals surface area contributed by atoms with E-state index in [0.717, 1.165) is 24.5 Å². The zero-order valence-electron chi connectivity index (χ0n) is 17.2. The van der Waals surface area contributed by atoms with Crippen LogP contribution in [0.3, 0.4) is 0 Å². The number of nitrogens with zero attached hydrogens (tertiary/aromatic N) is 1. The lowest BCUT2D eigenvalue weighted by atomic mass is 10.1. The molecule has 1 aliphatic rings. The first kappa shape index (κ1) is 22.5. The first-order chi connectivity index (χ1) is 13.6. The fourth-order valence-electron chi connectivity index (χ4n) is 3.24. The van der Waals surface area contributed by atoms with Crippen molar-refractivity contribution in [1.29, 1.82) is 0 Å². The van der Waals surface area contributed by atoms with E-state index in [4.69, 9.17) is 4.74 Å². The van der Waals surface area contributed by atoms with Gasteiger partial charge in [-0.15, -0.1) is 0 Å². The van der Waals surface area contributed by atoms with Crippen molar-refractivity contribution >= 4 is 15.5 Å². The number of ether oxygens (including phenoxy) is 1. The van der Waals surface area contributed by atoms with Gasteiger partial charge in [0.2, 0.25) is 0 Å². The molecule has 4 nitrogen and oxygen atoms in total. The Morgan fingerprint density at radius 2 is 1.25 bits per heavy atom. The molecule has 0 amide bonds. The molecule has 0 saturated heterocycles. The SMILES string of the molecule is CCCCCCCCCCCCCOc1ccc(N2C=CS(=O)(=O)C=C2)cc1. The molecule has 0 bridgehead atoms. The Kier molecular flexibility index (Phi) is 10.2. The van der Waals surface area contributed by atoms with Crippen LogP contribution in [0.15, 0.2) is 47.5 Å². The van der Waals surface area contributed by atoms with Crippen LogP contribution in [0, 0.1) is 0 Å². The Hall–Kier alpha value is -1.75. The van der Waals surface area contributed by atoms with Crippen molar-refractivity contribution in [3.8, 4) is 5.75 Å². The van der Waals surface area contributed by atoms with E-state index in [2.05, 4.69) is 6.92 Å². The van der Waals surface area contributed by atoms with Crippen molar-refractivity contribution in [2.75, 3.05) is 11.5 Å². The van der Waals surface area contributed by atoms with Crippen LogP contribution in [-0.2, 0) is 9.84 Å². The van der Waals surface area contributed by atoms with Crippen molar-refractivity contribution in [3.05, 3.63) is 47.5 Å². The molecule has 1 heterocycles. The summed E-state index contributed by atoms with van der Waals surface area (Å²) in [7, 11) is -3.19. The van der Waals surface area contributed by atoms with E-state index >= 15 is 0 Å². The van der Waals surface area contributed by atoms with Gasteiger partial charge in [0.05, 0.1) is 17.4 Å². The lowest BCUT2D eigenvalue weighted by Gasteiger charge is -2.18.